The van der Waals surface area contributed by atoms with E-state index in [0.29, 0.717) is 11.3 Å². The van der Waals surface area contributed by atoms with E-state index in [1.54, 1.807) is 37.4 Å². The molecule has 1 amide bonds. The minimum Gasteiger partial charge on any atom is -0.497 e. The van der Waals surface area contributed by atoms with Gasteiger partial charge in [0.2, 0.25) is 15.9 Å². The van der Waals surface area contributed by atoms with Crippen molar-refractivity contribution in [3.8, 4) is 5.75 Å². The van der Waals surface area contributed by atoms with Crippen LogP contribution in [-0.4, -0.2) is 45.1 Å². The zero-order valence-electron chi connectivity index (χ0n) is 15.3. The number of amides is 1. The molecule has 2 aromatic carbocycles. The molecule has 8 heteroatoms. The Morgan fingerprint density at radius 3 is 2.44 bits per heavy atom. The minimum atomic E-state index is -3.44. The number of benzene rings is 2. The van der Waals surface area contributed by atoms with Crippen molar-refractivity contribution in [3.63, 3.8) is 0 Å². The van der Waals surface area contributed by atoms with Crippen molar-refractivity contribution < 1.29 is 22.3 Å². The third kappa shape index (κ3) is 6.99. The van der Waals surface area contributed by atoms with Gasteiger partial charge in [0.05, 0.1) is 19.8 Å². The Morgan fingerprint density at radius 1 is 1.15 bits per heavy atom. The fourth-order valence-electron chi connectivity index (χ4n) is 2.51. The van der Waals surface area contributed by atoms with Crippen molar-refractivity contribution in [2.45, 2.75) is 13.0 Å². The van der Waals surface area contributed by atoms with Crippen LogP contribution in [0.2, 0.25) is 0 Å². The molecule has 0 aliphatic heterocycles. The molecule has 2 rings (SSSR count). The molecule has 0 bridgehead atoms. The van der Waals surface area contributed by atoms with Crippen LogP contribution in [0.25, 0.3) is 0 Å². The van der Waals surface area contributed by atoms with Crippen LogP contribution in [0, 0.1) is 5.82 Å². The van der Waals surface area contributed by atoms with E-state index in [4.69, 9.17) is 4.74 Å². The first-order chi connectivity index (χ1) is 12.8. The first-order valence-electron chi connectivity index (χ1n) is 8.37. The maximum absolute atomic E-state index is 13.1. The van der Waals surface area contributed by atoms with E-state index in [1.165, 1.54) is 22.5 Å². The molecular weight excluding hydrogens is 371 g/mol. The van der Waals surface area contributed by atoms with E-state index in [-0.39, 0.29) is 32.0 Å². The summed E-state index contributed by atoms with van der Waals surface area (Å²) >= 11 is 0. The summed E-state index contributed by atoms with van der Waals surface area (Å²) < 4.78 is 43.5. The maximum atomic E-state index is 13.1. The summed E-state index contributed by atoms with van der Waals surface area (Å²) in [7, 11) is -1.88. The van der Waals surface area contributed by atoms with Gasteiger partial charge in [-0.15, -0.1) is 0 Å². The summed E-state index contributed by atoms with van der Waals surface area (Å²) in [6.45, 7) is 0.500. The smallest absolute Gasteiger partial charge is 0.224 e. The van der Waals surface area contributed by atoms with Crippen LogP contribution in [-0.2, 0) is 27.8 Å². The lowest BCUT2D eigenvalue weighted by Gasteiger charge is -2.20. The highest BCUT2D eigenvalue weighted by atomic mass is 32.2. The summed E-state index contributed by atoms with van der Waals surface area (Å²) in [5, 5.41) is 2.67. The Balaban J connectivity index is 1.89. The number of rotatable bonds is 9. The highest BCUT2D eigenvalue weighted by Crippen LogP contribution is 2.14. The highest BCUT2D eigenvalue weighted by molar-refractivity contribution is 7.88. The van der Waals surface area contributed by atoms with Crippen molar-refractivity contribution in [3.05, 3.63) is 65.5 Å². The fraction of sp³-hybridized carbons (Fsp3) is 0.316. The average molecular weight is 394 g/mol. The second kappa shape index (κ2) is 9.48. The van der Waals surface area contributed by atoms with Crippen molar-refractivity contribution in [2.24, 2.45) is 0 Å². The van der Waals surface area contributed by atoms with Crippen LogP contribution in [0.15, 0.2) is 48.5 Å². The minimum absolute atomic E-state index is 0.0368. The third-order valence-electron chi connectivity index (χ3n) is 3.92. The van der Waals surface area contributed by atoms with Gasteiger partial charge in [0.15, 0.2) is 0 Å². The predicted octanol–water partition coefficient (Wildman–Crippen LogP) is 1.95. The van der Waals surface area contributed by atoms with Crippen molar-refractivity contribution >= 4 is 15.9 Å². The zero-order chi connectivity index (χ0) is 19.9. The molecule has 2 aromatic rings. The van der Waals surface area contributed by atoms with E-state index < -0.39 is 15.8 Å². The van der Waals surface area contributed by atoms with Crippen LogP contribution < -0.4 is 10.1 Å². The van der Waals surface area contributed by atoms with Crippen LogP contribution in [0.4, 0.5) is 4.39 Å². The molecule has 0 fully saturated rings. The van der Waals surface area contributed by atoms with Crippen molar-refractivity contribution in [2.75, 3.05) is 26.5 Å². The SMILES string of the molecule is COc1ccc(CN(CCNC(=O)Cc2cccc(F)c2)S(C)(=O)=O)cc1. The number of carbonyl (C=O) groups excluding carboxylic acids is 1. The van der Waals surface area contributed by atoms with Crippen LogP contribution >= 0.6 is 0 Å². The molecule has 146 valence electrons. The van der Waals surface area contributed by atoms with E-state index in [0.717, 1.165) is 11.8 Å². The topological polar surface area (TPSA) is 75.7 Å². The Labute approximate surface area is 159 Å². The molecule has 6 nitrogen and oxygen atoms in total. The number of hydrogen-bond donors (Lipinski definition) is 1. The lowest BCUT2D eigenvalue weighted by molar-refractivity contribution is -0.120. The van der Waals surface area contributed by atoms with Gasteiger partial charge in [-0.3, -0.25) is 4.79 Å². The Kier molecular flexibility index (Phi) is 7.32. The maximum Gasteiger partial charge on any atom is 0.224 e. The Morgan fingerprint density at radius 2 is 1.85 bits per heavy atom. The van der Waals surface area contributed by atoms with Crippen LogP contribution in [0.5, 0.6) is 5.75 Å². The molecule has 27 heavy (non-hydrogen) atoms. The molecule has 0 heterocycles. The normalized spacial score (nSPS) is 11.4. The number of carbonyl (C=O) groups is 1. The lowest BCUT2D eigenvalue weighted by atomic mass is 10.1. The van der Waals surface area contributed by atoms with E-state index >= 15 is 0 Å². The summed E-state index contributed by atoms with van der Waals surface area (Å²) in [5.41, 5.74) is 1.37. The monoisotopic (exact) mass is 394 g/mol. The Hall–Kier alpha value is -2.45. The molecule has 0 spiro atoms. The summed E-state index contributed by atoms with van der Waals surface area (Å²) in [6, 6.07) is 12.9. The molecule has 0 saturated carbocycles. The van der Waals surface area contributed by atoms with Gasteiger partial charge in [0.25, 0.3) is 0 Å². The molecule has 0 unspecified atom stereocenters. The van der Waals surface area contributed by atoms with E-state index in [1.807, 2.05) is 0 Å². The number of nitrogens with zero attached hydrogens (tertiary/aromatic N) is 1. The highest BCUT2D eigenvalue weighted by Gasteiger charge is 2.17. The fourth-order valence-corrected chi connectivity index (χ4v) is 3.32. The van der Waals surface area contributed by atoms with Crippen molar-refractivity contribution in [1.29, 1.82) is 0 Å². The first kappa shape index (κ1) is 20.9. The largest absolute Gasteiger partial charge is 0.497 e. The van der Waals surface area contributed by atoms with Gasteiger partial charge >= 0.3 is 0 Å². The van der Waals surface area contributed by atoms with Crippen LogP contribution in [0.3, 0.4) is 0 Å². The zero-order valence-corrected chi connectivity index (χ0v) is 16.1. The number of methoxy groups -OCH3 is 1. The van der Waals surface area contributed by atoms with Gasteiger partial charge in [0.1, 0.15) is 11.6 Å². The summed E-state index contributed by atoms with van der Waals surface area (Å²) in [4.78, 5) is 12.0. The number of halogens is 1. The van der Waals surface area contributed by atoms with Crippen LogP contribution in [0.1, 0.15) is 11.1 Å². The Bertz CT molecular complexity index is 870. The van der Waals surface area contributed by atoms with Gasteiger partial charge in [0, 0.05) is 19.6 Å². The summed E-state index contributed by atoms with van der Waals surface area (Å²) in [5.74, 6) is -0.00388. The molecule has 0 aliphatic carbocycles. The molecule has 1 N–H and O–H groups in total. The number of ether oxygens (including phenoxy) is 1. The van der Waals surface area contributed by atoms with E-state index in [2.05, 4.69) is 5.32 Å². The predicted molar refractivity (Wildman–Crippen MR) is 101 cm³/mol. The quantitative estimate of drug-likeness (QED) is 0.705. The molecule has 0 radical (unpaired) electrons. The third-order valence-corrected chi connectivity index (χ3v) is 5.17. The van der Waals surface area contributed by atoms with Gasteiger partial charge in [-0.05, 0) is 35.4 Å². The average Bonchev–Trinajstić information content (AvgIpc) is 2.60. The second-order valence-corrected chi connectivity index (χ2v) is 8.08. The number of sulfonamides is 1. The standard InChI is InChI=1S/C19H23FN2O4S/c1-26-18-8-6-15(7-9-18)14-22(27(2,24)25)11-10-21-19(23)13-16-4-3-5-17(20)12-16/h3-9,12H,10-11,13-14H2,1-2H3,(H,21,23). The molecule has 0 atom stereocenters. The second-order valence-electron chi connectivity index (χ2n) is 6.10. The lowest BCUT2D eigenvalue weighted by Crippen LogP contribution is -2.38. The van der Waals surface area contributed by atoms with E-state index in [9.17, 15) is 17.6 Å². The molecule has 0 aromatic heterocycles. The van der Waals surface area contributed by atoms with Gasteiger partial charge in [-0.2, -0.15) is 4.31 Å². The van der Waals surface area contributed by atoms with Gasteiger partial charge in [-0.1, -0.05) is 24.3 Å². The molecule has 0 aliphatic rings. The molecular formula is C19H23FN2O4S. The van der Waals surface area contributed by atoms with Crippen molar-refractivity contribution in [1.82, 2.24) is 9.62 Å². The number of hydrogen-bond acceptors (Lipinski definition) is 4. The summed E-state index contributed by atoms with van der Waals surface area (Å²) in [6.07, 6.45) is 1.17. The van der Waals surface area contributed by atoms with Gasteiger partial charge in [-0.25, -0.2) is 12.8 Å². The number of nitrogens with one attached hydrogen (secondary N) is 1. The molecule has 0 saturated heterocycles. The first-order valence-corrected chi connectivity index (χ1v) is 10.2. The van der Waals surface area contributed by atoms with Gasteiger partial charge < -0.3 is 10.1 Å².